The lowest BCUT2D eigenvalue weighted by Crippen LogP contribution is -2.30. The minimum absolute atomic E-state index is 0.192. The van der Waals surface area contributed by atoms with Crippen molar-refractivity contribution in [3.8, 4) is 0 Å². The van der Waals surface area contributed by atoms with Gasteiger partial charge in [0.25, 0.3) is 5.91 Å². The lowest BCUT2D eigenvalue weighted by molar-refractivity contribution is 0.0938. The highest BCUT2D eigenvalue weighted by atomic mass is 16.5. The maximum Gasteiger partial charge on any atom is 0.273 e. The number of carbonyl (C=O) groups is 1. The highest BCUT2D eigenvalue weighted by Gasteiger charge is 2.17. The lowest BCUT2D eigenvalue weighted by atomic mass is 10.1. The van der Waals surface area contributed by atoms with Gasteiger partial charge in [0.15, 0.2) is 11.5 Å². The molecule has 6 nitrogen and oxygen atoms in total. The van der Waals surface area contributed by atoms with Gasteiger partial charge in [0.2, 0.25) is 0 Å². The molecule has 1 atom stereocenters. The predicted molar refractivity (Wildman–Crippen MR) is 60.5 cm³/mol. The number of rotatable bonds is 5. The van der Waals surface area contributed by atoms with Crippen LogP contribution in [0.2, 0.25) is 0 Å². The van der Waals surface area contributed by atoms with E-state index in [1.807, 2.05) is 0 Å². The molecular weight excluding hydrogens is 222 g/mol. The second kappa shape index (κ2) is 5.79. The minimum atomic E-state index is -0.192. The van der Waals surface area contributed by atoms with Crippen molar-refractivity contribution in [3.05, 3.63) is 17.5 Å². The van der Waals surface area contributed by atoms with Gasteiger partial charge in [-0.2, -0.15) is 0 Å². The molecule has 1 unspecified atom stereocenters. The Hall–Kier alpha value is -1.40. The summed E-state index contributed by atoms with van der Waals surface area (Å²) in [4.78, 5) is 11.7. The molecule has 0 aliphatic carbocycles. The summed E-state index contributed by atoms with van der Waals surface area (Å²) in [5.41, 5.74) is 0.308. The van der Waals surface area contributed by atoms with Gasteiger partial charge in [0.1, 0.15) is 6.61 Å². The molecule has 1 saturated heterocycles. The zero-order chi connectivity index (χ0) is 12.1. The van der Waals surface area contributed by atoms with Crippen LogP contribution in [0.15, 0.2) is 10.6 Å². The molecule has 6 heteroatoms. The molecule has 1 fully saturated rings. The predicted octanol–water partition coefficient (Wildman–Crippen LogP) is 0.160. The normalized spacial score (nSPS) is 19.5. The van der Waals surface area contributed by atoms with Crippen molar-refractivity contribution in [2.75, 3.05) is 26.7 Å². The maximum atomic E-state index is 11.7. The Morgan fingerprint density at radius 1 is 1.76 bits per heavy atom. The zero-order valence-electron chi connectivity index (χ0n) is 9.86. The number of hydrogen-bond acceptors (Lipinski definition) is 5. The summed E-state index contributed by atoms with van der Waals surface area (Å²) in [5.74, 6) is 0.882. The fourth-order valence-electron chi connectivity index (χ4n) is 1.85. The average Bonchev–Trinajstić information content (AvgIpc) is 2.97. The molecule has 0 aromatic carbocycles. The van der Waals surface area contributed by atoms with Crippen LogP contribution in [-0.4, -0.2) is 37.8 Å². The molecule has 1 aromatic heterocycles. The molecule has 0 saturated carbocycles. The van der Waals surface area contributed by atoms with Crippen molar-refractivity contribution >= 4 is 5.91 Å². The number of carbonyl (C=O) groups excluding carboxylic acids is 1. The number of nitrogens with zero attached hydrogens (tertiary/aromatic N) is 1. The molecule has 2 heterocycles. The van der Waals surface area contributed by atoms with Crippen LogP contribution in [0.3, 0.4) is 0 Å². The van der Waals surface area contributed by atoms with Crippen LogP contribution in [0.5, 0.6) is 0 Å². The summed E-state index contributed by atoms with van der Waals surface area (Å²) < 4.78 is 9.84. The van der Waals surface area contributed by atoms with E-state index in [4.69, 9.17) is 9.26 Å². The number of hydrogen-bond donors (Lipinski definition) is 2. The zero-order valence-corrected chi connectivity index (χ0v) is 9.86. The average molecular weight is 239 g/mol. The fourth-order valence-corrected chi connectivity index (χ4v) is 1.85. The number of aromatic nitrogens is 1. The van der Waals surface area contributed by atoms with Crippen molar-refractivity contribution in [3.63, 3.8) is 0 Å². The summed E-state index contributed by atoms with van der Waals surface area (Å²) in [6.45, 7) is 3.00. The third kappa shape index (κ3) is 3.28. The molecule has 0 bridgehead atoms. The molecule has 0 radical (unpaired) electrons. The monoisotopic (exact) mass is 239 g/mol. The third-order valence-electron chi connectivity index (χ3n) is 2.79. The van der Waals surface area contributed by atoms with E-state index in [2.05, 4.69) is 15.8 Å². The van der Waals surface area contributed by atoms with E-state index >= 15 is 0 Å². The SMILES string of the molecule is COCc1cc(C(=O)NCC2CCNC2)no1. The molecule has 94 valence electrons. The highest BCUT2D eigenvalue weighted by molar-refractivity contribution is 5.92. The Morgan fingerprint density at radius 3 is 3.35 bits per heavy atom. The maximum absolute atomic E-state index is 11.7. The Balaban J connectivity index is 1.81. The largest absolute Gasteiger partial charge is 0.377 e. The van der Waals surface area contributed by atoms with Gasteiger partial charge in [-0.05, 0) is 25.4 Å². The summed E-state index contributed by atoms with van der Waals surface area (Å²) in [5, 5.41) is 9.81. The van der Waals surface area contributed by atoms with Crippen LogP contribution in [0, 0.1) is 5.92 Å². The molecule has 2 rings (SSSR count). The standard InChI is InChI=1S/C11H17N3O3/c1-16-7-9-4-10(14-17-9)11(15)13-6-8-2-3-12-5-8/h4,8,12H,2-3,5-7H2,1H3,(H,13,15). The Kier molecular flexibility index (Phi) is 4.11. The van der Waals surface area contributed by atoms with Crippen molar-refractivity contribution in [1.29, 1.82) is 0 Å². The molecular formula is C11H17N3O3. The minimum Gasteiger partial charge on any atom is -0.377 e. The van der Waals surface area contributed by atoms with E-state index in [0.717, 1.165) is 19.5 Å². The third-order valence-corrected chi connectivity index (χ3v) is 2.79. The van der Waals surface area contributed by atoms with Gasteiger partial charge >= 0.3 is 0 Å². The van der Waals surface area contributed by atoms with Gasteiger partial charge in [-0.1, -0.05) is 5.16 Å². The van der Waals surface area contributed by atoms with Crippen LogP contribution in [0.4, 0.5) is 0 Å². The van der Waals surface area contributed by atoms with Crippen molar-refractivity contribution in [1.82, 2.24) is 15.8 Å². The molecule has 1 amide bonds. The first-order valence-corrected chi connectivity index (χ1v) is 5.73. The van der Waals surface area contributed by atoms with Gasteiger partial charge in [0, 0.05) is 19.7 Å². The first kappa shape index (κ1) is 12.1. The van der Waals surface area contributed by atoms with E-state index < -0.39 is 0 Å². The quantitative estimate of drug-likeness (QED) is 0.765. The molecule has 1 aromatic rings. The lowest BCUT2D eigenvalue weighted by Gasteiger charge is -2.08. The van der Waals surface area contributed by atoms with Crippen LogP contribution < -0.4 is 10.6 Å². The second-order valence-corrected chi connectivity index (χ2v) is 4.18. The summed E-state index contributed by atoms with van der Waals surface area (Å²) >= 11 is 0. The van der Waals surface area contributed by atoms with E-state index in [0.29, 0.717) is 30.5 Å². The molecule has 2 N–H and O–H groups in total. The Bertz CT molecular complexity index is 372. The van der Waals surface area contributed by atoms with Gasteiger partial charge in [-0.3, -0.25) is 4.79 Å². The van der Waals surface area contributed by atoms with Crippen molar-refractivity contribution < 1.29 is 14.1 Å². The van der Waals surface area contributed by atoms with Gasteiger partial charge in [-0.15, -0.1) is 0 Å². The number of methoxy groups -OCH3 is 1. The van der Waals surface area contributed by atoms with Crippen LogP contribution >= 0.6 is 0 Å². The van der Waals surface area contributed by atoms with Crippen molar-refractivity contribution in [2.45, 2.75) is 13.0 Å². The Labute approximate surface area is 99.7 Å². The van der Waals surface area contributed by atoms with E-state index in [1.165, 1.54) is 0 Å². The summed E-state index contributed by atoms with van der Waals surface area (Å²) in [6.07, 6.45) is 1.11. The van der Waals surface area contributed by atoms with Crippen LogP contribution in [-0.2, 0) is 11.3 Å². The summed E-state index contributed by atoms with van der Waals surface area (Å²) in [7, 11) is 1.56. The van der Waals surface area contributed by atoms with Crippen LogP contribution in [0.1, 0.15) is 22.7 Å². The van der Waals surface area contributed by atoms with E-state index in [9.17, 15) is 4.79 Å². The number of nitrogens with one attached hydrogen (secondary N) is 2. The van der Waals surface area contributed by atoms with Crippen LogP contribution in [0.25, 0.3) is 0 Å². The van der Waals surface area contributed by atoms with Gasteiger partial charge in [-0.25, -0.2) is 0 Å². The fraction of sp³-hybridized carbons (Fsp3) is 0.636. The highest BCUT2D eigenvalue weighted by Crippen LogP contribution is 2.07. The van der Waals surface area contributed by atoms with E-state index in [-0.39, 0.29) is 5.91 Å². The van der Waals surface area contributed by atoms with Crippen molar-refractivity contribution in [2.24, 2.45) is 5.92 Å². The molecule has 17 heavy (non-hydrogen) atoms. The molecule has 0 spiro atoms. The first-order valence-electron chi connectivity index (χ1n) is 5.73. The first-order chi connectivity index (χ1) is 8.29. The number of ether oxygens (including phenoxy) is 1. The molecule has 1 aliphatic rings. The smallest absolute Gasteiger partial charge is 0.273 e. The topological polar surface area (TPSA) is 76.4 Å². The Morgan fingerprint density at radius 2 is 2.65 bits per heavy atom. The second-order valence-electron chi connectivity index (χ2n) is 4.18. The molecule has 1 aliphatic heterocycles. The summed E-state index contributed by atoms with van der Waals surface area (Å²) in [6, 6.07) is 1.60. The number of amides is 1. The van der Waals surface area contributed by atoms with Gasteiger partial charge < -0.3 is 19.9 Å². The van der Waals surface area contributed by atoms with E-state index in [1.54, 1.807) is 13.2 Å². The van der Waals surface area contributed by atoms with Gasteiger partial charge in [0.05, 0.1) is 0 Å².